The Morgan fingerprint density at radius 2 is 1.37 bits per heavy atom. The van der Waals surface area contributed by atoms with Crippen LogP contribution in [0.4, 0.5) is 5.69 Å². The first-order valence-corrected chi connectivity index (χ1v) is 9.06. The molecule has 0 aliphatic carbocycles. The number of para-hydroxylation sites is 1. The molecule has 0 fully saturated rings. The predicted molar refractivity (Wildman–Crippen MR) is 102 cm³/mol. The smallest absolute Gasteiger partial charge is 0.307 e. The van der Waals surface area contributed by atoms with Crippen LogP contribution in [0.1, 0.15) is 59.9 Å². The monoisotopic (exact) mass is 375 g/mol. The van der Waals surface area contributed by atoms with Gasteiger partial charge in [-0.05, 0) is 53.2 Å². The normalized spacial score (nSPS) is 16.1. The number of nitrogens with zero attached hydrogens (tertiary/aromatic N) is 1. The van der Waals surface area contributed by atoms with Crippen LogP contribution in [0.2, 0.25) is 0 Å². The third-order valence-corrected chi connectivity index (χ3v) is 4.23. The van der Waals surface area contributed by atoms with Crippen LogP contribution in [0.5, 0.6) is 0 Å². The molecule has 0 radical (unpaired) electrons. The zero-order chi connectivity index (χ0) is 20.6. The molecule has 0 spiro atoms. The number of anilines is 1. The second-order valence-electron chi connectivity index (χ2n) is 8.99. The highest BCUT2D eigenvalue weighted by Gasteiger charge is 2.53. The molecule has 1 aliphatic heterocycles. The van der Waals surface area contributed by atoms with Gasteiger partial charge in [-0.25, -0.2) is 0 Å². The molecule has 0 saturated carbocycles. The van der Waals surface area contributed by atoms with Crippen molar-refractivity contribution in [2.75, 3.05) is 11.9 Å². The Labute approximate surface area is 160 Å². The third-order valence-electron chi connectivity index (χ3n) is 4.23. The maximum Gasteiger partial charge on any atom is 0.307 e. The van der Waals surface area contributed by atoms with Crippen molar-refractivity contribution in [1.82, 2.24) is 0 Å². The summed E-state index contributed by atoms with van der Waals surface area (Å²) in [6.07, 6.45) is -0.437. The van der Waals surface area contributed by atoms with Crippen LogP contribution in [-0.4, -0.2) is 36.1 Å². The van der Waals surface area contributed by atoms with Crippen molar-refractivity contribution in [3.8, 4) is 0 Å². The number of ether oxygens (including phenoxy) is 2. The summed E-state index contributed by atoms with van der Waals surface area (Å²) in [5.74, 6) is -1.35. The van der Waals surface area contributed by atoms with Crippen molar-refractivity contribution in [2.45, 2.75) is 71.0 Å². The maximum atomic E-state index is 13.2. The van der Waals surface area contributed by atoms with Crippen molar-refractivity contribution in [2.24, 2.45) is 0 Å². The van der Waals surface area contributed by atoms with Gasteiger partial charge in [-0.1, -0.05) is 18.2 Å². The number of esters is 2. The number of benzene rings is 1. The van der Waals surface area contributed by atoms with Gasteiger partial charge in [0, 0.05) is 12.7 Å². The number of fused-ring (bicyclic) bond motifs is 1. The second-order valence-corrected chi connectivity index (χ2v) is 8.99. The van der Waals surface area contributed by atoms with Gasteiger partial charge < -0.3 is 14.4 Å². The predicted octanol–water partition coefficient (Wildman–Crippen LogP) is 3.36. The largest absolute Gasteiger partial charge is 0.460 e. The highest BCUT2D eigenvalue weighted by molar-refractivity contribution is 6.11. The molecule has 0 aromatic heterocycles. The molecule has 1 aliphatic rings. The zero-order valence-electron chi connectivity index (χ0n) is 17.2. The Kier molecular flexibility index (Phi) is 5.41. The van der Waals surface area contributed by atoms with E-state index in [1.807, 2.05) is 6.07 Å². The van der Waals surface area contributed by atoms with Gasteiger partial charge in [0.05, 0.1) is 18.3 Å². The van der Waals surface area contributed by atoms with E-state index < -0.39 is 28.6 Å². The molecule has 6 nitrogen and oxygen atoms in total. The lowest BCUT2D eigenvalue weighted by molar-refractivity contribution is -0.161. The highest BCUT2D eigenvalue weighted by atomic mass is 16.6. The van der Waals surface area contributed by atoms with E-state index in [-0.39, 0.29) is 18.7 Å². The molecule has 1 aromatic carbocycles. The van der Waals surface area contributed by atoms with Crippen molar-refractivity contribution in [1.29, 1.82) is 0 Å². The summed E-state index contributed by atoms with van der Waals surface area (Å²) in [6.45, 7) is 10.6. The van der Waals surface area contributed by atoms with Crippen LogP contribution in [0.15, 0.2) is 24.3 Å². The number of hydrogen-bond donors (Lipinski definition) is 0. The first-order valence-electron chi connectivity index (χ1n) is 9.06. The van der Waals surface area contributed by atoms with Crippen LogP contribution in [-0.2, 0) is 29.3 Å². The Hall–Kier alpha value is -2.37. The van der Waals surface area contributed by atoms with Gasteiger partial charge in [-0.15, -0.1) is 0 Å². The fraction of sp³-hybridized carbons (Fsp3) is 0.571. The summed E-state index contributed by atoms with van der Waals surface area (Å²) < 4.78 is 10.9. The molecule has 0 N–H and O–H groups in total. The number of carbonyl (C=O) groups excluding carboxylic acids is 3. The van der Waals surface area contributed by atoms with E-state index in [2.05, 4.69) is 0 Å². The van der Waals surface area contributed by atoms with Crippen molar-refractivity contribution < 1.29 is 23.9 Å². The topological polar surface area (TPSA) is 72.9 Å². The van der Waals surface area contributed by atoms with Crippen LogP contribution in [0, 0.1) is 0 Å². The van der Waals surface area contributed by atoms with E-state index >= 15 is 0 Å². The van der Waals surface area contributed by atoms with Gasteiger partial charge in [0.15, 0.2) is 0 Å². The standard InChI is InChI=1S/C21H29NO5/c1-19(2,3)26-16(23)12-21(13-17(24)27-20(4,5)6)14-10-8-9-11-15(14)22(7)18(21)25/h8-11H,12-13H2,1-7H3. The first kappa shape index (κ1) is 20.9. The lowest BCUT2D eigenvalue weighted by Crippen LogP contribution is -2.44. The fourth-order valence-electron chi connectivity index (χ4n) is 3.37. The molecule has 0 unspecified atom stereocenters. The van der Waals surface area contributed by atoms with E-state index in [9.17, 15) is 14.4 Å². The number of likely N-dealkylation sites (N-methyl/N-ethyl adjacent to an activating group) is 1. The van der Waals surface area contributed by atoms with Gasteiger partial charge >= 0.3 is 11.9 Å². The number of hydrogen-bond acceptors (Lipinski definition) is 5. The molecule has 1 heterocycles. The van der Waals surface area contributed by atoms with Crippen LogP contribution in [0.3, 0.4) is 0 Å². The third kappa shape index (κ3) is 4.67. The van der Waals surface area contributed by atoms with E-state index in [4.69, 9.17) is 9.47 Å². The minimum absolute atomic E-state index is 0.219. The summed E-state index contributed by atoms with van der Waals surface area (Å²) in [5, 5.41) is 0. The minimum Gasteiger partial charge on any atom is -0.460 e. The molecule has 27 heavy (non-hydrogen) atoms. The number of rotatable bonds is 4. The molecule has 1 aromatic rings. The molecule has 2 rings (SSSR count). The van der Waals surface area contributed by atoms with Gasteiger partial charge in [-0.2, -0.15) is 0 Å². The Morgan fingerprint density at radius 1 is 0.926 bits per heavy atom. The lowest BCUT2D eigenvalue weighted by Gasteiger charge is -2.30. The number of carbonyl (C=O) groups is 3. The summed E-state index contributed by atoms with van der Waals surface area (Å²) in [5.41, 5.74) is -1.35. The maximum absolute atomic E-state index is 13.2. The Bertz CT molecular complexity index is 725. The summed E-state index contributed by atoms with van der Waals surface area (Å²) >= 11 is 0. The molecule has 0 saturated heterocycles. The molecule has 148 valence electrons. The summed E-state index contributed by atoms with van der Waals surface area (Å²) in [6, 6.07) is 7.20. The van der Waals surface area contributed by atoms with Gasteiger partial charge in [-0.3, -0.25) is 14.4 Å². The highest BCUT2D eigenvalue weighted by Crippen LogP contribution is 2.46. The molecule has 0 bridgehead atoms. The van der Waals surface area contributed by atoms with E-state index in [1.54, 1.807) is 66.8 Å². The van der Waals surface area contributed by atoms with Crippen LogP contribution >= 0.6 is 0 Å². The van der Waals surface area contributed by atoms with Crippen LogP contribution < -0.4 is 4.90 Å². The van der Waals surface area contributed by atoms with Gasteiger partial charge in [0.25, 0.3) is 0 Å². The molecule has 0 atom stereocenters. The molecule has 1 amide bonds. The molecular formula is C21H29NO5. The van der Waals surface area contributed by atoms with Gasteiger partial charge in [0.1, 0.15) is 11.2 Å². The average Bonchev–Trinajstić information content (AvgIpc) is 2.66. The van der Waals surface area contributed by atoms with E-state index in [0.29, 0.717) is 11.3 Å². The zero-order valence-corrected chi connectivity index (χ0v) is 17.2. The SMILES string of the molecule is CN1C(=O)C(CC(=O)OC(C)(C)C)(CC(=O)OC(C)(C)C)c2ccccc21. The Balaban J connectivity index is 2.45. The van der Waals surface area contributed by atoms with Crippen molar-refractivity contribution >= 4 is 23.5 Å². The average molecular weight is 375 g/mol. The van der Waals surface area contributed by atoms with Crippen molar-refractivity contribution in [3.05, 3.63) is 29.8 Å². The summed E-state index contributed by atoms with van der Waals surface area (Å²) in [4.78, 5) is 39.9. The fourth-order valence-corrected chi connectivity index (χ4v) is 3.37. The minimum atomic E-state index is -1.32. The molecular weight excluding hydrogens is 346 g/mol. The van der Waals surface area contributed by atoms with Crippen molar-refractivity contribution in [3.63, 3.8) is 0 Å². The number of amides is 1. The Morgan fingerprint density at radius 3 is 1.81 bits per heavy atom. The lowest BCUT2D eigenvalue weighted by atomic mass is 9.75. The van der Waals surface area contributed by atoms with E-state index in [1.165, 1.54) is 4.90 Å². The van der Waals surface area contributed by atoms with Crippen LogP contribution in [0.25, 0.3) is 0 Å². The molecule has 6 heteroatoms. The first-order chi connectivity index (χ1) is 12.3. The second kappa shape index (κ2) is 6.98. The van der Waals surface area contributed by atoms with Gasteiger partial charge in [0.2, 0.25) is 5.91 Å². The van der Waals surface area contributed by atoms with E-state index in [0.717, 1.165) is 0 Å². The quantitative estimate of drug-likeness (QED) is 0.755. The summed E-state index contributed by atoms with van der Waals surface area (Å²) in [7, 11) is 1.65.